The Labute approximate surface area is 117 Å². The first-order chi connectivity index (χ1) is 9.90. The predicted octanol–water partition coefficient (Wildman–Crippen LogP) is 3.80. The van der Waals surface area contributed by atoms with Crippen molar-refractivity contribution in [3.8, 4) is 0 Å². The monoisotopic (exact) mass is 297 g/mol. The van der Waals surface area contributed by atoms with Crippen molar-refractivity contribution in [2.45, 2.75) is 0 Å². The van der Waals surface area contributed by atoms with Crippen LogP contribution in [0, 0.1) is 27.6 Å². The van der Waals surface area contributed by atoms with Crippen LogP contribution in [-0.2, 0) is 0 Å². The van der Waals surface area contributed by atoms with E-state index >= 15 is 0 Å². The fourth-order valence-corrected chi connectivity index (χ4v) is 1.74. The fourth-order valence-electron chi connectivity index (χ4n) is 1.74. The Balaban J connectivity index is 2.44. The fraction of sp³-hybridized carbons (Fsp3) is 0.0769. The number of nitrogens with zero attached hydrogens (tertiary/aromatic N) is 1. The third-order valence-corrected chi connectivity index (χ3v) is 2.69. The standard InChI is InChI=1S/C13H10F3N3O2/c1-17-8-4-9(6-10(5-8)19(20)21)18-13-11(15)2-7(14)3-12(13)16/h2-6,17-18H,1H3. The Morgan fingerprint density at radius 3 is 2.10 bits per heavy atom. The lowest BCUT2D eigenvalue weighted by molar-refractivity contribution is -0.384. The molecular weight excluding hydrogens is 287 g/mol. The van der Waals surface area contributed by atoms with E-state index in [-0.39, 0.29) is 11.4 Å². The topological polar surface area (TPSA) is 67.2 Å². The molecule has 0 radical (unpaired) electrons. The van der Waals surface area contributed by atoms with Gasteiger partial charge in [-0.2, -0.15) is 0 Å². The molecule has 0 saturated carbocycles. The Kier molecular flexibility index (Phi) is 3.97. The first-order valence-corrected chi connectivity index (χ1v) is 5.79. The first-order valence-electron chi connectivity index (χ1n) is 5.79. The SMILES string of the molecule is CNc1cc(Nc2c(F)cc(F)cc2F)cc([N+](=O)[O-])c1. The van der Waals surface area contributed by atoms with E-state index in [4.69, 9.17) is 0 Å². The van der Waals surface area contributed by atoms with Crippen molar-refractivity contribution in [3.63, 3.8) is 0 Å². The number of nitro groups is 1. The molecule has 2 rings (SSSR count). The van der Waals surface area contributed by atoms with E-state index in [0.29, 0.717) is 17.8 Å². The number of nitrogens with one attached hydrogen (secondary N) is 2. The van der Waals surface area contributed by atoms with Gasteiger partial charge in [0, 0.05) is 42.7 Å². The van der Waals surface area contributed by atoms with Gasteiger partial charge in [0.15, 0.2) is 11.6 Å². The van der Waals surface area contributed by atoms with Gasteiger partial charge in [0.25, 0.3) is 5.69 Å². The normalized spacial score (nSPS) is 10.3. The number of halogens is 3. The van der Waals surface area contributed by atoms with Crippen molar-refractivity contribution in [2.75, 3.05) is 17.7 Å². The molecule has 21 heavy (non-hydrogen) atoms. The first kappa shape index (κ1) is 14.6. The minimum Gasteiger partial charge on any atom is -0.388 e. The van der Waals surface area contributed by atoms with Gasteiger partial charge in [0.1, 0.15) is 11.5 Å². The van der Waals surface area contributed by atoms with Crippen molar-refractivity contribution >= 4 is 22.7 Å². The van der Waals surface area contributed by atoms with E-state index in [1.165, 1.54) is 12.1 Å². The van der Waals surface area contributed by atoms with Crippen molar-refractivity contribution in [3.05, 3.63) is 57.9 Å². The number of nitro benzene ring substituents is 1. The Bertz CT molecular complexity index is 684. The summed E-state index contributed by atoms with van der Waals surface area (Å²) in [6.07, 6.45) is 0. The lowest BCUT2D eigenvalue weighted by atomic mass is 10.2. The maximum Gasteiger partial charge on any atom is 0.273 e. The average Bonchev–Trinajstić information content (AvgIpc) is 2.42. The number of benzene rings is 2. The largest absolute Gasteiger partial charge is 0.388 e. The van der Waals surface area contributed by atoms with E-state index in [1.807, 2.05) is 0 Å². The molecule has 0 unspecified atom stereocenters. The quantitative estimate of drug-likeness (QED) is 0.665. The molecule has 8 heteroatoms. The average molecular weight is 297 g/mol. The zero-order chi connectivity index (χ0) is 15.6. The molecule has 0 aliphatic heterocycles. The van der Waals surface area contributed by atoms with Gasteiger partial charge < -0.3 is 10.6 Å². The van der Waals surface area contributed by atoms with Gasteiger partial charge in [-0.1, -0.05) is 0 Å². The molecule has 0 saturated heterocycles. The Hall–Kier alpha value is -2.77. The number of anilines is 3. The zero-order valence-electron chi connectivity index (χ0n) is 10.8. The summed E-state index contributed by atoms with van der Waals surface area (Å²) in [5.74, 6) is -3.32. The van der Waals surface area contributed by atoms with E-state index in [0.717, 1.165) is 6.07 Å². The van der Waals surface area contributed by atoms with Crippen LogP contribution >= 0.6 is 0 Å². The van der Waals surface area contributed by atoms with Gasteiger partial charge in [0.2, 0.25) is 0 Å². The molecule has 5 nitrogen and oxygen atoms in total. The summed E-state index contributed by atoms with van der Waals surface area (Å²) in [5, 5.41) is 15.9. The molecule has 2 aromatic carbocycles. The van der Waals surface area contributed by atoms with Crippen LogP contribution in [0.4, 0.5) is 35.9 Å². The van der Waals surface area contributed by atoms with Crippen molar-refractivity contribution in [1.29, 1.82) is 0 Å². The minimum absolute atomic E-state index is 0.0953. The van der Waals surface area contributed by atoms with Gasteiger partial charge in [-0.15, -0.1) is 0 Å². The summed E-state index contributed by atoms with van der Waals surface area (Å²) in [6, 6.07) is 4.84. The third-order valence-electron chi connectivity index (χ3n) is 2.69. The van der Waals surface area contributed by atoms with Crippen LogP contribution in [0.3, 0.4) is 0 Å². The Morgan fingerprint density at radius 2 is 1.57 bits per heavy atom. The van der Waals surface area contributed by atoms with Crippen LogP contribution in [-0.4, -0.2) is 12.0 Å². The summed E-state index contributed by atoms with van der Waals surface area (Å²) in [4.78, 5) is 10.2. The summed E-state index contributed by atoms with van der Waals surface area (Å²) in [7, 11) is 1.54. The van der Waals surface area contributed by atoms with Gasteiger partial charge in [-0.25, -0.2) is 13.2 Å². The second-order valence-corrected chi connectivity index (χ2v) is 4.15. The maximum atomic E-state index is 13.5. The van der Waals surface area contributed by atoms with Crippen LogP contribution in [0.25, 0.3) is 0 Å². The number of hydrogen-bond donors (Lipinski definition) is 2. The minimum atomic E-state index is -1.13. The van der Waals surface area contributed by atoms with E-state index in [1.54, 1.807) is 7.05 Å². The number of rotatable bonds is 4. The Morgan fingerprint density at radius 1 is 1.00 bits per heavy atom. The van der Waals surface area contributed by atoms with Crippen molar-refractivity contribution < 1.29 is 18.1 Å². The maximum absolute atomic E-state index is 13.5. The lowest BCUT2D eigenvalue weighted by Gasteiger charge is -2.10. The molecule has 0 atom stereocenters. The number of hydrogen-bond acceptors (Lipinski definition) is 4. The molecule has 0 aliphatic rings. The van der Waals surface area contributed by atoms with Gasteiger partial charge in [-0.3, -0.25) is 10.1 Å². The van der Waals surface area contributed by atoms with Gasteiger partial charge in [-0.05, 0) is 6.07 Å². The smallest absolute Gasteiger partial charge is 0.273 e. The highest BCUT2D eigenvalue weighted by molar-refractivity contribution is 5.69. The summed E-state index contributed by atoms with van der Waals surface area (Å²) in [6.45, 7) is 0. The molecular formula is C13H10F3N3O2. The number of non-ortho nitro benzene ring substituents is 1. The predicted molar refractivity (Wildman–Crippen MR) is 72.2 cm³/mol. The van der Waals surface area contributed by atoms with Crippen molar-refractivity contribution in [2.24, 2.45) is 0 Å². The van der Waals surface area contributed by atoms with Crippen molar-refractivity contribution in [1.82, 2.24) is 0 Å². The van der Waals surface area contributed by atoms with Crippen LogP contribution in [0.15, 0.2) is 30.3 Å². The molecule has 0 aromatic heterocycles. The second-order valence-electron chi connectivity index (χ2n) is 4.15. The highest BCUT2D eigenvalue weighted by atomic mass is 19.1. The van der Waals surface area contributed by atoms with Crippen LogP contribution in [0.1, 0.15) is 0 Å². The van der Waals surface area contributed by atoms with Crippen LogP contribution < -0.4 is 10.6 Å². The highest BCUT2D eigenvalue weighted by Crippen LogP contribution is 2.29. The molecule has 110 valence electrons. The molecule has 0 fully saturated rings. The molecule has 0 heterocycles. The van der Waals surface area contributed by atoms with Gasteiger partial charge in [0.05, 0.1) is 4.92 Å². The molecule has 0 bridgehead atoms. The second kappa shape index (κ2) is 5.70. The molecule has 2 aromatic rings. The van der Waals surface area contributed by atoms with Crippen LogP contribution in [0.2, 0.25) is 0 Å². The summed E-state index contributed by atoms with van der Waals surface area (Å²) < 4.78 is 39.9. The van der Waals surface area contributed by atoms with Crippen LogP contribution in [0.5, 0.6) is 0 Å². The highest BCUT2D eigenvalue weighted by Gasteiger charge is 2.14. The molecule has 2 N–H and O–H groups in total. The zero-order valence-corrected chi connectivity index (χ0v) is 10.8. The summed E-state index contributed by atoms with van der Waals surface area (Å²) >= 11 is 0. The lowest BCUT2D eigenvalue weighted by Crippen LogP contribution is -2.01. The molecule has 0 spiro atoms. The van der Waals surface area contributed by atoms with Gasteiger partial charge >= 0.3 is 0 Å². The molecule has 0 aliphatic carbocycles. The summed E-state index contributed by atoms with van der Waals surface area (Å²) in [5.41, 5.74) is -0.362. The third kappa shape index (κ3) is 3.22. The van der Waals surface area contributed by atoms with E-state index < -0.39 is 28.1 Å². The molecule has 0 amide bonds. The van der Waals surface area contributed by atoms with E-state index in [2.05, 4.69) is 10.6 Å². The van der Waals surface area contributed by atoms with E-state index in [9.17, 15) is 23.3 Å².